The highest BCUT2D eigenvalue weighted by Crippen LogP contribution is 2.21. The van der Waals surface area contributed by atoms with E-state index in [1.54, 1.807) is 0 Å². The molecule has 1 atom stereocenters. The summed E-state index contributed by atoms with van der Waals surface area (Å²) in [6.45, 7) is 5.72. The first-order valence-corrected chi connectivity index (χ1v) is 5.14. The SMILES string of the molecule is CC(C)(C)C(=O)C1CCN(CC(F)F)N1. The van der Waals surface area contributed by atoms with Gasteiger partial charge in [-0.05, 0) is 6.42 Å². The Kier molecular flexibility index (Phi) is 3.78. The first-order chi connectivity index (χ1) is 6.80. The van der Waals surface area contributed by atoms with E-state index in [1.165, 1.54) is 5.01 Å². The fourth-order valence-corrected chi connectivity index (χ4v) is 1.66. The van der Waals surface area contributed by atoms with Gasteiger partial charge in [-0.25, -0.2) is 19.2 Å². The molecule has 1 heterocycles. The van der Waals surface area contributed by atoms with Crippen LogP contribution < -0.4 is 5.43 Å². The number of carbonyl (C=O) groups is 1. The molecule has 0 bridgehead atoms. The van der Waals surface area contributed by atoms with Gasteiger partial charge in [0.2, 0.25) is 0 Å². The molecule has 88 valence electrons. The van der Waals surface area contributed by atoms with E-state index in [0.29, 0.717) is 13.0 Å². The fraction of sp³-hybridized carbons (Fsp3) is 0.900. The minimum Gasteiger partial charge on any atom is -0.297 e. The molecule has 1 rings (SSSR count). The summed E-state index contributed by atoms with van der Waals surface area (Å²) in [5, 5.41) is 1.43. The van der Waals surface area contributed by atoms with Crippen molar-refractivity contribution in [3.63, 3.8) is 0 Å². The van der Waals surface area contributed by atoms with Crippen LogP contribution in [0.25, 0.3) is 0 Å². The minimum absolute atomic E-state index is 0.0827. The quantitative estimate of drug-likeness (QED) is 0.781. The van der Waals surface area contributed by atoms with Gasteiger partial charge >= 0.3 is 0 Å². The van der Waals surface area contributed by atoms with Crippen LogP contribution >= 0.6 is 0 Å². The zero-order valence-corrected chi connectivity index (χ0v) is 9.39. The third kappa shape index (κ3) is 3.50. The molecule has 0 amide bonds. The van der Waals surface area contributed by atoms with Gasteiger partial charge in [0, 0.05) is 12.0 Å². The Balaban J connectivity index is 2.46. The fourth-order valence-electron chi connectivity index (χ4n) is 1.66. The van der Waals surface area contributed by atoms with Gasteiger partial charge in [-0.1, -0.05) is 20.8 Å². The molecule has 0 spiro atoms. The van der Waals surface area contributed by atoms with Crippen molar-refractivity contribution in [2.45, 2.75) is 39.7 Å². The third-order valence-corrected chi connectivity index (χ3v) is 2.44. The molecule has 1 fully saturated rings. The van der Waals surface area contributed by atoms with Crippen LogP contribution in [0.2, 0.25) is 0 Å². The molecule has 5 heteroatoms. The maximum Gasteiger partial charge on any atom is 0.252 e. The van der Waals surface area contributed by atoms with Crippen molar-refractivity contribution in [2.24, 2.45) is 5.41 Å². The molecular formula is C10H18F2N2O. The zero-order valence-electron chi connectivity index (χ0n) is 9.39. The van der Waals surface area contributed by atoms with E-state index in [1.807, 2.05) is 20.8 Å². The highest BCUT2D eigenvalue weighted by Gasteiger charge is 2.34. The number of carbonyl (C=O) groups excluding carboxylic acids is 1. The van der Waals surface area contributed by atoms with E-state index in [9.17, 15) is 13.6 Å². The van der Waals surface area contributed by atoms with Crippen LogP contribution in [-0.4, -0.2) is 36.3 Å². The third-order valence-electron chi connectivity index (χ3n) is 2.44. The van der Waals surface area contributed by atoms with E-state index in [2.05, 4.69) is 5.43 Å². The van der Waals surface area contributed by atoms with Gasteiger partial charge in [-0.2, -0.15) is 0 Å². The summed E-state index contributed by atoms with van der Waals surface area (Å²) in [5.41, 5.74) is 2.41. The minimum atomic E-state index is -2.36. The van der Waals surface area contributed by atoms with Gasteiger partial charge in [0.25, 0.3) is 6.43 Å². The Labute approximate surface area is 88.8 Å². The molecule has 3 nitrogen and oxygen atoms in total. The molecular weight excluding hydrogens is 202 g/mol. The second kappa shape index (κ2) is 4.53. The lowest BCUT2D eigenvalue weighted by Gasteiger charge is -2.22. The van der Waals surface area contributed by atoms with Crippen LogP contribution in [0.15, 0.2) is 0 Å². The lowest BCUT2D eigenvalue weighted by molar-refractivity contribution is -0.128. The number of hydrazine groups is 1. The van der Waals surface area contributed by atoms with Crippen molar-refractivity contribution in [3.8, 4) is 0 Å². The molecule has 0 saturated carbocycles. The summed E-state index contributed by atoms with van der Waals surface area (Å²) < 4.78 is 24.2. The second-order valence-electron chi connectivity index (χ2n) is 4.92. The van der Waals surface area contributed by atoms with Crippen molar-refractivity contribution in [2.75, 3.05) is 13.1 Å². The molecule has 1 aliphatic heterocycles. The summed E-state index contributed by atoms with van der Waals surface area (Å²) >= 11 is 0. The number of nitrogens with zero attached hydrogens (tertiary/aromatic N) is 1. The Morgan fingerprint density at radius 3 is 2.60 bits per heavy atom. The Morgan fingerprint density at radius 1 is 1.53 bits per heavy atom. The van der Waals surface area contributed by atoms with E-state index in [0.717, 1.165) is 0 Å². The molecule has 0 aliphatic carbocycles. The van der Waals surface area contributed by atoms with Crippen molar-refractivity contribution in [1.82, 2.24) is 10.4 Å². The highest BCUT2D eigenvalue weighted by molar-refractivity contribution is 5.88. The lowest BCUT2D eigenvalue weighted by atomic mass is 9.86. The molecule has 1 unspecified atom stereocenters. The second-order valence-corrected chi connectivity index (χ2v) is 4.92. The first-order valence-electron chi connectivity index (χ1n) is 5.14. The maximum atomic E-state index is 12.1. The van der Waals surface area contributed by atoms with E-state index in [4.69, 9.17) is 0 Å². The van der Waals surface area contributed by atoms with Gasteiger partial charge in [0.05, 0.1) is 12.6 Å². The molecule has 1 N–H and O–H groups in total. The normalized spacial score (nSPS) is 23.7. The summed E-state index contributed by atoms with van der Waals surface area (Å²) in [7, 11) is 0. The van der Waals surface area contributed by atoms with E-state index in [-0.39, 0.29) is 18.4 Å². The Morgan fingerprint density at radius 2 is 2.13 bits per heavy atom. The van der Waals surface area contributed by atoms with Crippen molar-refractivity contribution < 1.29 is 13.6 Å². The number of halogens is 2. The maximum absolute atomic E-state index is 12.1. The Hall–Kier alpha value is -0.550. The van der Waals surface area contributed by atoms with Crippen molar-refractivity contribution in [1.29, 1.82) is 0 Å². The molecule has 0 aromatic rings. The van der Waals surface area contributed by atoms with Gasteiger partial charge in [-0.15, -0.1) is 0 Å². The van der Waals surface area contributed by atoms with Gasteiger partial charge in [0.1, 0.15) is 0 Å². The predicted molar refractivity (Wildman–Crippen MR) is 53.6 cm³/mol. The topological polar surface area (TPSA) is 32.3 Å². The zero-order chi connectivity index (χ0) is 11.6. The van der Waals surface area contributed by atoms with Crippen LogP contribution in [0.3, 0.4) is 0 Å². The molecule has 0 radical (unpaired) electrons. The smallest absolute Gasteiger partial charge is 0.252 e. The van der Waals surface area contributed by atoms with Crippen LogP contribution in [0, 0.1) is 5.41 Å². The number of Topliss-reactive ketones (excluding diaryl/α,β-unsaturated/α-hetero) is 1. The van der Waals surface area contributed by atoms with Gasteiger partial charge in [0.15, 0.2) is 5.78 Å². The van der Waals surface area contributed by atoms with Crippen LogP contribution in [0.4, 0.5) is 8.78 Å². The summed E-state index contributed by atoms with van der Waals surface area (Å²) in [5.74, 6) is 0.0827. The van der Waals surface area contributed by atoms with Crippen LogP contribution in [0.1, 0.15) is 27.2 Å². The number of rotatable bonds is 3. The number of hydrogen-bond acceptors (Lipinski definition) is 3. The van der Waals surface area contributed by atoms with Crippen molar-refractivity contribution in [3.05, 3.63) is 0 Å². The number of ketones is 1. The standard InChI is InChI=1S/C10H18F2N2O/c1-10(2,3)9(15)7-4-5-14(13-7)6-8(11)12/h7-8,13H,4-6H2,1-3H3. The van der Waals surface area contributed by atoms with E-state index >= 15 is 0 Å². The Bertz CT molecular complexity index is 238. The van der Waals surface area contributed by atoms with E-state index < -0.39 is 11.8 Å². The van der Waals surface area contributed by atoms with Gasteiger partial charge in [-0.3, -0.25) is 4.79 Å². The van der Waals surface area contributed by atoms with Gasteiger partial charge < -0.3 is 0 Å². The lowest BCUT2D eigenvalue weighted by Crippen LogP contribution is -2.45. The molecule has 1 aliphatic rings. The number of hydrogen-bond donors (Lipinski definition) is 1. The molecule has 1 saturated heterocycles. The summed E-state index contributed by atoms with van der Waals surface area (Å²) in [6.07, 6.45) is -1.75. The monoisotopic (exact) mass is 220 g/mol. The average molecular weight is 220 g/mol. The van der Waals surface area contributed by atoms with Crippen LogP contribution in [0.5, 0.6) is 0 Å². The number of nitrogens with one attached hydrogen (secondary N) is 1. The molecule has 0 aromatic heterocycles. The summed E-state index contributed by atoms with van der Waals surface area (Å²) in [6, 6.07) is -0.302. The first kappa shape index (κ1) is 12.5. The summed E-state index contributed by atoms with van der Waals surface area (Å²) in [4.78, 5) is 11.8. The van der Waals surface area contributed by atoms with Crippen molar-refractivity contribution >= 4 is 5.78 Å². The highest BCUT2D eigenvalue weighted by atomic mass is 19.3. The largest absolute Gasteiger partial charge is 0.297 e. The van der Waals surface area contributed by atoms with Crippen LogP contribution in [-0.2, 0) is 4.79 Å². The molecule has 0 aromatic carbocycles. The number of alkyl halides is 2. The predicted octanol–water partition coefficient (Wildman–Crippen LogP) is 1.45. The molecule has 15 heavy (non-hydrogen) atoms. The average Bonchev–Trinajstić information content (AvgIpc) is 2.48.